The van der Waals surface area contributed by atoms with Gasteiger partial charge in [-0.3, -0.25) is 4.90 Å². The van der Waals surface area contributed by atoms with E-state index in [1.165, 1.54) is 17.5 Å². The second-order valence-electron chi connectivity index (χ2n) is 11.9. The van der Waals surface area contributed by atoms with Crippen molar-refractivity contribution < 1.29 is 13.2 Å². The summed E-state index contributed by atoms with van der Waals surface area (Å²) in [6.45, 7) is 8.47. The Bertz CT molecular complexity index is 1620. The average molecular weight is 582 g/mol. The molecule has 2 aliphatic heterocycles. The first-order chi connectivity index (χ1) is 19.5. The van der Waals surface area contributed by atoms with Crippen LogP contribution in [0.15, 0.2) is 30.6 Å². The number of aryl methyl sites for hydroxylation is 1. The number of likely N-dealkylation sites (tertiary alicyclic amines) is 1. The number of thiophene rings is 1. The third-order valence-corrected chi connectivity index (χ3v) is 9.79. The minimum atomic E-state index is -4.23. The van der Waals surface area contributed by atoms with Gasteiger partial charge in [-0.2, -0.15) is 18.4 Å². The fourth-order valence-electron chi connectivity index (χ4n) is 6.41. The molecule has 0 amide bonds. The van der Waals surface area contributed by atoms with E-state index in [0.717, 1.165) is 92.1 Å². The molecule has 4 aromatic rings. The highest BCUT2D eigenvalue weighted by atomic mass is 32.1. The zero-order valence-electron chi connectivity index (χ0n) is 23.6. The van der Waals surface area contributed by atoms with Gasteiger partial charge in [-0.25, -0.2) is 9.97 Å². The molecule has 7 nitrogen and oxygen atoms in total. The molecular weight excluding hydrogens is 547 g/mol. The predicted octanol–water partition coefficient (Wildman–Crippen LogP) is 5.59. The van der Waals surface area contributed by atoms with Crippen molar-refractivity contribution in [3.8, 4) is 6.07 Å². The number of hydrogen-bond acceptors (Lipinski definition) is 7. The first-order valence-electron chi connectivity index (χ1n) is 14.0. The van der Waals surface area contributed by atoms with Gasteiger partial charge in [0.05, 0.1) is 11.8 Å². The van der Waals surface area contributed by atoms with Crippen molar-refractivity contribution in [1.82, 2.24) is 24.3 Å². The number of aromatic nitrogens is 3. The molecule has 5 heterocycles. The number of alkyl halides is 3. The van der Waals surface area contributed by atoms with Crippen LogP contribution in [0.25, 0.3) is 21.1 Å². The van der Waals surface area contributed by atoms with Crippen LogP contribution in [-0.2, 0) is 19.5 Å². The Morgan fingerprint density at radius 3 is 2.54 bits per heavy atom. The lowest BCUT2D eigenvalue weighted by Crippen LogP contribution is -2.60. The van der Waals surface area contributed by atoms with E-state index < -0.39 is 12.6 Å². The maximum absolute atomic E-state index is 12.9. The van der Waals surface area contributed by atoms with E-state index in [1.54, 1.807) is 6.07 Å². The van der Waals surface area contributed by atoms with Crippen LogP contribution < -0.4 is 4.90 Å². The van der Waals surface area contributed by atoms with Gasteiger partial charge in [0.15, 0.2) is 0 Å². The molecule has 0 unspecified atom stereocenters. The molecule has 0 atom stereocenters. The quantitative estimate of drug-likeness (QED) is 0.283. The Labute approximate surface area is 241 Å². The lowest BCUT2D eigenvalue weighted by molar-refractivity contribution is -0.126. The average Bonchev–Trinajstić information content (AvgIpc) is 3.47. The predicted molar refractivity (Wildman–Crippen MR) is 156 cm³/mol. The maximum atomic E-state index is 12.9. The highest BCUT2D eigenvalue weighted by Crippen LogP contribution is 2.45. The highest BCUT2D eigenvalue weighted by molar-refractivity contribution is 7.18. The van der Waals surface area contributed by atoms with E-state index in [-0.39, 0.29) is 10.3 Å². The molecule has 41 heavy (non-hydrogen) atoms. The number of rotatable bonds is 7. The topological polar surface area (TPSA) is 64.2 Å². The molecule has 0 radical (unpaired) electrons. The van der Waals surface area contributed by atoms with E-state index in [4.69, 9.17) is 0 Å². The summed E-state index contributed by atoms with van der Waals surface area (Å²) in [5, 5.41) is 11.6. The summed E-state index contributed by atoms with van der Waals surface area (Å²) >= 11 is 1.10. The van der Waals surface area contributed by atoms with Crippen LogP contribution in [0.1, 0.15) is 34.5 Å². The summed E-state index contributed by atoms with van der Waals surface area (Å²) in [6, 6.07) is 10.4. The Kier molecular flexibility index (Phi) is 7.20. The minimum absolute atomic E-state index is 0.225. The lowest BCUT2D eigenvalue weighted by Gasteiger charge is -2.54. The standard InChI is InChI=1S/C30H34F3N7S/c1-20-21(4-5-26-24(20)12-22(15-34)40(26)11-10-37(2)3)16-38-8-6-29(7-9-38)17-39(18-29)27-25-13-23(14-30(31,32)33)41-28(25)36-19-35-27/h4-5,12-13,19H,6-11,14,16-18H2,1-3H3. The van der Waals surface area contributed by atoms with Crippen LogP contribution in [0.2, 0.25) is 0 Å². The van der Waals surface area contributed by atoms with Gasteiger partial charge >= 0.3 is 6.18 Å². The molecule has 216 valence electrons. The van der Waals surface area contributed by atoms with Gasteiger partial charge in [0.2, 0.25) is 0 Å². The molecule has 3 aromatic heterocycles. The Hall–Kier alpha value is -3.20. The summed E-state index contributed by atoms with van der Waals surface area (Å²) in [5.41, 5.74) is 4.59. The number of benzene rings is 1. The molecule has 6 rings (SSSR count). The van der Waals surface area contributed by atoms with E-state index in [1.807, 2.05) is 20.2 Å². The van der Waals surface area contributed by atoms with Crippen LogP contribution in [-0.4, -0.2) is 77.3 Å². The molecule has 2 saturated heterocycles. The van der Waals surface area contributed by atoms with Gasteiger partial charge in [-0.1, -0.05) is 6.07 Å². The largest absolute Gasteiger partial charge is 0.393 e. The number of hydrogen-bond donors (Lipinski definition) is 0. The molecular formula is C30H34F3N7S. The zero-order valence-corrected chi connectivity index (χ0v) is 24.4. The first kappa shape index (κ1) is 27.9. The van der Waals surface area contributed by atoms with Crippen LogP contribution in [0.5, 0.6) is 0 Å². The fraction of sp³-hybridized carbons (Fsp3) is 0.500. The van der Waals surface area contributed by atoms with Gasteiger partial charge in [0, 0.05) is 53.9 Å². The monoisotopic (exact) mass is 581 g/mol. The Balaban J connectivity index is 1.10. The van der Waals surface area contributed by atoms with E-state index >= 15 is 0 Å². The van der Waals surface area contributed by atoms with Crippen molar-refractivity contribution in [2.24, 2.45) is 5.41 Å². The van der Waals surface area contributed by atoms with E-state index in [2.05, 4.69) is 54.4 Å². The number of fused-ring (bicyclic) bond motifs is 2. The number of likely N-dealkylation sites (N-methyl/N-ethyl adjacent to an activating group) is 1. The fourth-order valence-corrected chi connectivity index (χ4v) is 7.43. The zero-order chi connectivity index (χ0) is 28.9. The maximum Gasteiger partial charge on any atom is 0.393 e. The molecule has 11 heteroatoms. The van der Waals surface area contributed by atoms with Gasteiger partial charge in [-0.05, 0) is 76.3 Å². The summed E-state index contributed by atoms with van der Waals surface area (Å²) in [5.74, 6) is 0.755. The second kappa shape index (κ2) is 10.6. The van der Waals surface area contributed by atoms with Gasteiger partial charge in [0.1, 0.15) is 28.7 Å². The number of nitrogens with zero attached hydrogens (tertiary/aromatic N) is 7. The third kappa shape index (κ3) is 5.53. The van der Waals surface area contributed by atoms with E-state index in [9.17, 15) is 18.4 Å². The summed E-state index contributed by atoms with van der Waals surface area (Å²) in [4.78, 5) is 16.4. The van der Waals surface area contributed by atoms with Gasteiger partial charge in [-0.15, -0.1) is 11.3 Å². The van der Waals surface area contributed by atoms with Crippen LogP contribution in [0, 0.1) is 23.7 Å². The minimum Gasteiger partial charge on any atom is -0.355 e. The van der Waals surface area contributed by atoms with Crippen LogP contribution in [0.4, 0.5) is 19.0 Å². The summed E-state index contributed by atoms with van der Waals surface area (Å²) < 4.78 is 40.9. The summed E-state index contributed by atoms with van der Waals surface area (Å²) in [6.07, 6.45) is -1.52. The van der Waals surface area contributed by atoms with Gasteiger partial charge in [0.25, 0.3) is 0 Å². The smallest absolute Gasteiger partial charge is 0.355 e. The normalized spacial score (nSPS) is 17.6. The molecule has 2 aliphatic rings. The third-order valence-electron chi connectivity index (χ3n) is 8.75. The molecule has 1 aromatic carbocycles. The Morgan fingerprint density at radius 1 is 1.10 bits per heavy atom. The van der Waals surface area contributed by atoms with Crippen molar-refractivity contribution >= 4 is 38.3 Å². The Morgan fingerprint density at radius 2 is 1.85 bits per heavy atom. The van der Waals surface area contributed by atoms with Crippen LogP contribution >= 0.6 is 11.3 Å². The number of halogens is 3. The summed E-state index contributed by atoms with van der Waals surface area (Å²) in [7, 11) is 4.08. The molecule has 0 saturated carbocycles. The lowest BCUT2D eigenvalue weighted by atomic mass is 9.72. The SMILES string of the molecule is Cc1c(CN2CCC3(CC2)CN(c2ncnc4sc(CC(F)(F)F)cc24)C3)ccc2c1cc(C#N)n2CCN(C)C. The van der Waals surface area contributed by atoms with Crippen molar-refractivity contribution in [3.05, 3.63) is 52.3 Å². The van der Waals surface area contributed by atoms with Crippen molar-refractivity contribution in [1.29, 1.82) is 5.26 Å². The highest BCUT2D eigenvalue weighted by Gasteiger charge is 2.46. The molecule has 0 aliphatic carbocycles. The number of anilines is 1. The second-order valence-corrected chi connectivity index (χ2v) is 13.0. The van der Waals surface area contributed by atoms with Crippen molar-refractivity contribution in [2.75, 3.05) is 51.7 Å². The van der Waals surface area contributed by atoms with E-state index in [0.29, 0.717) is 10.5 Å². The molecule has 1 spiro atoms. The van der Waals surface area contributed by atoms with Crippen LogP contribution in [0.3, 0.4) is 0 Å². The first-order valence-corrected chi connectivity index (χ1v) is 14.8. The van der Waals surface area contributed by atoms with Crippen molar-refractivity contribution in [3.63, 3.8) is 0 Å². The molecule has 2 fully saturated rings. The van der Waals surface area contributed by atoms with Crippen molar-refractivity contribution in [2.45, 2.75) is 45.5 Å². The molecule has 0 N–H and O–H groups in total. The molecule has 0 bridgehead atoms. The van der Waals surface area contributed by atoms with Gasteiger partial charge < -0.3 is 14.4 Å². The number of nitriles is 1. The number of piperidine rings is 1.